The maximum absolute atomic E-state index is 13.9. The molecule has 1 saturated heterocycles. The number of carbonyl (C=O) groups is 3. The highest BCUT2D eigenvalue weighted by molar-refractivity contribution is 5.83. The van der Waals surface area contributed by atoms with Crippen LogP contribution >= 0.6 is 0 Å². The minimum atomic E-state index is -0.466. The summed E-state index contributed by atoms with van der Waals surface area (Å²) in [5.41, 5.74) is 0. The molecule has 2 aliphatic rings. The van der Waals surface area contributed by atoms with Crippen LogP contribution in [0.25, 0.3) is 0 Å². The van der Waals surface area contributed by atoms with Crippen molar-refractivity contribution >= 4 is 17.7 Å². The summed E-state index contributed by atoms with van der Waals surface area (Å²) < 4.78 is 11.8. The van der Waals surface area contributed by atoms with E-state index in [-0.39, 0.29) is 60.0 Å². The number of nitrogens with zero attached hydrogens (tertiary/aromatic N) is 2. The number of likely N-dealkylation sites (N-methyl/N-ethyl adjacent to an activating group) is 2. The number of ether oxygens (including phenoxy) is 2. The van der Waals surface area contributed by atoms with E-state index in [0.29, 0.717) is 13.1 Å². The highest BCUT2D eigenvalue weighted by Gasteiger charge is 2.42. The van der Waals surface area contributed by atoms with Crippen LogP contribution < -0.4 is 10.6 Å². The Morgan fingerprint density at radius 2 is 1.67 bits per heavy atom. The van der Waals surface area contributed by atoms with Crippen LogP contribution in [0.5, 0.6) is 0 Å². The number of hydrogen-bond donors (Lipinski definition) is 2. The van der Waals surface area contributed by atoms with Crippen molar-refractivity contribution in [2.45, 2.75) is 97.1 Å². The van der Waals surface area contributed by atoms with Crippen molar-refractivity contribution in [1.82, 2.24) is 20.4 Å². The van der Waals surface area contributed by atoms with Gasteiger partial charge in [-0.25, -0.2) is 0 Å². The van der Waals surface area contributed by atoms with Crippen LogP contribution in [0.3, 0.4) is 0 Å². The van der Waals surface area contributed by atoms with Gasteiger partial charge < -0.3 is 29.9 Å². The minimum Gasteiger partial charge on any atom is -0.379 e. The third kappa shape index (κ3) is 10.0. The van der Waals surface area contributed by atoms with Gasteiger partial charge in [-0.05, 0) is 44.1 Å². The van der Waals surface area contributed by atoms with Gasteiger partial charge in [0, 0.05) is 34.4 Å². The van der Waals surface area contributed by atoms with Crippen LogP contribution in [-0.2, 0) is 23.9 Å². The summed E-state index contributed by atoms with van der Waals surface area (Å²) in [5.74, 6) is 0.00561. The van der Waals surface area contributed by atoms with Gasteiger partial charge in [0.2, 0.25) is 17.7 Å². The van der Waals surface area contributed by atoms with E-state index in [4.69, 9.17) is 9.47 Å². The van der Waals surface area contributed by atoms with Crippen LogP contribution in [0.2, 0.25) is 0 Å². The molecule has 0 saturated carbocycles. The van der Waals surface area contributed by atoms with Crippen molar-refractivity contribution in [2.24, 2.45) is 23.7 Å². The monoisotopic (exact) mass is 602 g/mol. The quantitative estimate of drug-likeness (QED) is 0.262. The molecule has 1 heterocycles. The van der Waals surface area contributed by atoms with E-state index in [1.165, 1.54) is 0 Å². The van der Waals surface area contributed by atoms with Crippen LogP contribution in [0.15, 0.2) is 36.5 Å². The normalized spacial score (nSPS) is 21.3. The molecule has 0 spiro atoms. The highest BCUT2D eigenvalue weighted by atomic mass is 16.5. The van der Waals surface area contributed by atoms with Crippen molar-refractivity contribution in [3.05, 3.63) is 36.5 Å². The molecule has 43 heavy (non-hydrogen) atoms. The molecule has 1 fully saturated rings. The first-order chi connectivity index (χ1) is 20.5. The number of hydrogen-bond acceptors (Lipinski definition) is 6. The number of amides is 3. The summed E-state index contributed by atoms with van der Waals surface area (Å²) in [6.45, 7) is 11.3. The van der Waals surface area contributed by atoms with Gasteiger partial charge in [0.1, 0.15) is 0 Å². The first-order valence-corrected chi connectivity index (χ1v) is 16.1. The number of allylic oxidation sites excluding steroid dienone is 6. The Hall–Kier alpha value is -2.49. The van der Waals surface area contributed by atoms with Gasteiger partial charge >= 0.3 is 0 Å². The average Bonchev–Trinajstić information content (AvgIpc) is 3.32. The molecule has 0 aromatic heterocycles. The Kier molecular flexibility index (Phi) is 15.7. The first kappa shape index (κ1) is 36.7. The number of carbonyl (C=O) groups excluding carboxylic acids is 3. The van der Waals surface area contributed by atoms with Crippen molar-refractivity contribution in [1.29, 1.82) is 0 Å². The topological polar surface area (TPSA) is 100 Å². The molecule has 1 aliphatic carbocycles. The molecular weight excluding hydrogens is 544 g/mol. The van der Waals surface area contributed by atoms with Gasteiger partial charge in [-0.2, -0.15) is 0 Å². The zero-order chi connectivity index (χ0) is 32.1. The fraction of sp³-hybridized carbons (Fsp3) is 0.735. The highest BCUT2D eigenvalue weighted by Crippen LogP contribution is 2.29. The molecule has 2 rings (SSSR count). The molecule has 0 radical (unpaired) electrons. The maximum atomic E-state index is 13.9. The molecule has 0 bridgehead atoms. The zero-order valence-electron chi connectivity index (χ0n) is 28.0. The van der Waals surface area contributed by atoms with Crippen molar-refractivity contribution in [3.8, 4) is 0 Å². The van der Waals surface area contributed by atoms with Crippen molar-refractivity contribution in [3.63, 3.8) is 0 Å². The lowest BCUT2D eigenvalue weighted by atomic mass is 9.89. The van der Waals surface area contributed by atoms with Gasteiger partial charge in [-0.3, -0.25) is 14.4 Å². The van der Waals surface area contributed by atoms with Crippen molar-refractivity contribution < 1.29 is 23.9 Å². The average molecular weight is 603 g/mol. The minimum absolute atomic E-state index is 0.00149. The molecule has 0 unspecified atom stereocenters. The Morgan fingerprint density at radius 1 is 1.02 bits per heavy atom. The molecular formula is C34H58N4O5. The maximum Gasteiger partial charge on any atom is 0.240 e. The molecule has 9 heteroatoms. The molecule has 0 aromatic carbocycles. The molecule has 0 aromatic rings. The number of nitrogens with one attached hydrogen (secondary N) is 2. The van der Waals surface area contributed by atoms with E-state index in [1.807, 2.05) is 57.0 Å². The van der Waals surface area contributed by atoms with Gasteiger partial charge in [-0.1, -0.05) is 77.5 Å². The van der Waals surface area contributed by atoms with E-state index >= 15 is 0 Å². The molecule has 7 atom stereocenters. The summed E-state index contributed by atoms with van der Waals surface area (Å²) >= 11 is 0. The molecule has 244 valence electrons. The summed E-state index contributed by atoms with van der Waals surface area (Å²) in [5, 5.41) is 6.23. The van der Waals surface area contributed by atoms with Crippen LogP contribution in [0.4, 0.5) is 0 Å². The van der Waals surface area contributed by atoms with Gasteiger partial charge in [0.15, 0.2) is 0 Å². The van der Waals surface area contributed by atoms with Gasteiger partial charge in [0.25, 0.3) is 0 Å². The molecule has 9 nitrogen and oxygen atoms in total. The number of likely N-dealkylation sites (tertiary alicyclic amines) is 1. The largest absolute Gasteiger partial charge is 0.379 e. The van der Waals surface area contributed by atoms with Gasteiger partial charge in [0.05, 0.1) is 42.7 Å². The van der Waals surface area contributed by atoms with Gasteiger partial charge in [-0.15, -0.1) is 0 Å². The summed E-state index contributed by atoms with van der Waals surface area (Å²) in [4.78, 5) is 44.2. The zero-order valence-corrected chi connectivity index (χ0v) is 28.0. The lowest BCUT2D eigenvalue weighted by molar-refractivity contribution is -0.147. The van der Waals surface area contributed by atoms with E-state index in [0.717, 1.165) is 25.7 Å². The Labute approximate surface area is 260 Å². The molecule has 2 N–H and O–H groups in total. The van der Waals surface area contributed by atoms with Crippen LogP contribution in [0, 0.1) is 23.7 Å². The summed E-state index contributed by atoms with van der Waals surface area (Å²) in [6, 6.07) is -0.788. The second-order valence-electron chi connectivity index (χ2n) is 12.5. The third-order valence-corrected chi connectivity index (χ3v) is 9.33. The second kappa shape index (κ2) is 18.3. The SMILES string of the molecule is CC[C@H](C)[C@@H]([C@@H](CC(=O)N1CCC[C@H]1[C@H](OC)[C@@H](C)C(=O)NCCC1C=CC=CC=C1)OC)N(C)C(=O)[C@@H](NC)C(C)C. The van der Waals surface area contributed by atoms with Crippen LogP contribution in [-0.4, -0.2) is 99.3 Å². The van der Waals surface area contributed by atoms with E-state index < -0.39 is 18.1 Å². The number of rotatable bonds is 17. The van der Waals surface area contributed by atoms with E-state index in [1.54, 1.807) is 26.2 Å². The van der Waals surface area contributed by atoms with E-state index in [2.05, 4.69) is 36.6 Å². The second-order valence-corrected chi connectivity index (χ2v) is 12.5. The Bertz CT molecular complexity index is 964. The fourth-order valence-electron chi connectivity index (χ4n) is 6.59. The first-order valence-electron chi connectivity index (χ1n) is 16.1. The third-order valence-electron chi connectivity index (χ3n) is 9.33. The summed E-state index contributed by atoms with van der Waals surface area (Å²) in [7, 11) is 6.86. The Balaban J connectivity index is 2.11. The standard InChI is InChI=1S/C34H58N4O5/c1-10-24(4)31(37(7)34(41)30(35-6)23(2)3)28(42-8)22-29(39)38-21-15-18-27(38)32(43-9)25(5)33(40)36-20-19-26-16-13-11-12-14-17-26/h11-14,16-17,23-28,30-32,35H,10,15,18-22H2,1-9H3,(H,36,40)/t24-,25+,27-,28+,30-,31-,32+/m0/s1. The Morgan fingerprint density at radius 3 is 2.21 bits per heavy atom. The van der Waals surface area contributed by atoms with Crippen molar-refractivity contribution in [2.75, 3.05) is 41.4 Å². The molecule has 3 amide bonds. The van der Waals surface area contributed by atoms with Crippen LogP contribution in [0.1, 0.15) is 66.7 Å². The lowest BCUT2D eigenvalue weighted by Crippen LogP contribution is -2.56. The summed E-state index contributed by atoms with van der Waals surface area (Å²) in [6.07, 6.45) is 14.9. The smallest absolute Gasteiger partial charge is 0.240 e. The predicted molar refractivity (Wildman–Crippen MR) is 172 cm³/mol. The molecule has 1 aliphatic heterocycles. The van der Waals surface area contributed by atoms with E-state index in [9.17, 15) is 14.4 Å². The number of methoxy groups -OCH3 is 2. The fourth-order valence-corrected chi connectivity index (χ4v) is 6.59. The predicted octanol–water partition coefficient (Wildman–Crippen LogP) is 3.96. The lowest BCUT2D eigenvalue weighted by Gasteiger charge is -2.40.